The van der Waals surface area contributed by atoms with Crippen LogP contribution in [0.5, 0.6) is 0 Å². The summed E-state index contributed by atoms with van der Waals surface area (Å²) in [4.78, 5) is 0. The third-order valence-electron chi connectivity index (χ3n) is 0.808. The molecule has 0 aromatic heterocycles. The van der Waals surface area contributed by atoms with Crippen LogP contribution in [0.2, 0.25) is 0 Å². The van der Waals surface area contributed by atoms with Crippen LogP contribution in [-0.2, 0) is 0 Å². The summed E-state index contributed by atoms with van der Waals surface area (Å²) in [5.74, 6) is 0. The lowest BCUT2D eigenvalue weighted by Crippen LogP contribution is -2.07. The summed E-state index contributed by atoms with van der Waals surface area (Å²) >= 11 is 0. The Bertz CT molecular complexity index is 25.3. The lowest BCUT2D eigenvalue weighted by Gasteiger charge is -1.93. The average molecular weight is 101 g/mol. The molecule has 3 N–H and O–H groups in total. The summed E-state index contributed by atoms with van der Waals surface area (Å²) in [5.41, 5.74) is 5.22. The predicted octanol–water partition coefficient (Wildman–Crippen LogP) is 0.106. The van der Waals surface area contributed by atoms with Crippen LogP contribution in [-0.4, -0.2) is 13.1 Å². The molecule has 0 saturated heterocycles. The first-order valence-corrected chi connectivity index (χ1v) is 2.62. The quantitative estimate of drug-likeness (QED) is 0.493. The molecule has 43 valence electrons. The molecule has 0 aliphatic heterocycles. The lowest BCUT2D eigenvalue weighted by molar-refractivity contribution is 0.701. The van der Waals surface area contributed by atoms with E-state index < -0.39 is 0 Å². The number of nitrogens with one attached hydrogen (secondary N) is 1. The van der Waals surface area contributed by atoms with E-state index in [1.54, 1.807) is 0 Å². The molecule has 0 aliphatic rings. The SMILES string of the molecule is [CH2]NCCCCN. The highest BCUT2D eigenvalue weighted by Crippen LogP contribution is 1.79. The van der Waals surface area contributed by atoms with Crippen molar-refractivity contribution in [1.82, 2.24) is 5.32 Å². The van der Waals surface area contributed by atoms with Gasteiger partial charge in [0, 0.05) is 7.05 Å². The molecule has 0 fully saturated rings. The molecule has 0 aromatic rings. The highest BCUT2D eigenvalue weighted by molar-refractivity contribution is 4.44. The maximum absolute atomic E-state index is 5.22. The molecule has 2 nitrogen and oxygen atoms in total. The first kappa shape index (κ1) is 6.92. The van der Waals surface area contributed by atoms with Crippen LogP contribution in [0.15, 0.2) is 0 Å². The molecule has 0 heterocycles. The Hall–Kier alpha value is -0.0800. The minimum atomic E-state index is 0.793. The van der Waals surface area contributed by atoms with Gasteiger partial charge in [-0.2, -0.15) is 0 Å². The van der Waals surface area contributed by atoms with E-state index in [9.17, 15) is 0 Å². The standard InChI is InChI=1S/C5H13N2/c1-7-5-3-2-4-6/h7H,1-6H2. The minimum absolute atomic E-state index is 0.793. The van der Waals surface area contributed by atoms with Crippen LogP contribution in [0.25, 0.3) is 0 Å². The molecule has 1 radical (unpaired) electrons. The third-order valence-corrected chi connectivity index (χ3v) is 0.808. The van der Waals surface area contributed by atoms with Gasteiger partial charge in [0.15, 0.2) is 0 Å². The zero-order valence-corrected chi connectivity index (χ0v) is 4.61. The van der Waals surface area contributed by atoms with Gasteiger partial charge in [-0.1, -0.05) is 0 Å². The highest BCUT2D eigenvalue weighted by Gasteiger charge is 1.79. The fourth-order valence-corrected chi connectivity index (χ4v) is 0.394. The summed E-state index contributed by atoms with van der Waals surface area (Å²) in [6.07, 6.45) is 2.24. The van der Waals surface area contributed by atoms with E-state index in [2.05, 4.69) is 12.4 Å². The maximum atomic E-state index is 5.22. The predicted molar refractivity (Wildman–Crippen MR) is 31.6 cm³/mol. The Morgan fingerprint density at radius 2 is 2.14 bits per heavy atom. The number of hydrogen-bond donors (Lipinski definition) is 2. The number of unbranched alkanes of at least 4 members (excludes halogenated alkanes) is 1. The Morgan fingerprint density at radius 3 is 2.57 bits per heavy atom. The van der Waals surface area contributed by atoms with Crippen molar-refractivity contribution in [2.45, 2.75) is 12.8 Å². The van der Waals surface area contributed by atoms with Crippen molar-refractivity contribution in [3.05, 3.63) is 7.05 Å². The Morgan fingerprint density at radius 1 is 1.43 bits per heavy atom. The Kier molecular flexibility index (Phi) is 5.85. The number of rotatable bonds is 4. The van der Waals surface area contributed by atoms with E-state index in [0.29, 0.717) is 0 Å². The largest absolute Gasteiger partial charge is 0.330 e. The van der Waals surface area contributed by atoms with Crippen molar-refractivity contribution in [1.29, 1.82) is 0 Å². The Labute approximate surface area is 45.1 Å². The highest BCUT2D eigenvalue weighted by atomic mass is 14.8. The van der Waals surface area contributed by atoms with Crippen LogP contribution in [0, 0.1) is 7.05 Å². The molecule has 0 spiro atoms. The molecule has 0 aromatic carbocycles. The van der Waals surface area contributed by atoms with E-state index in [4.69, 9.17) is 5.73 Å². The van der Waals surface area contributed by atoms with Gasteiger partial charge in [-0.15, -0.1) is 0 Å². The molecule has 2 heteroatoms. The first-order valence-electron chi connectivity index (χ1n) is 2.62. The van der Waals surface area contributed by atoms with Crippen LogP contribution < -0.4 is 11.1 Å². The fourth-order valence-electron chi connectivity index (χ4n) is 0.394. The molecular formula is C5H13N2. The van der Waals surface area contributed by atoms with Gasteiger partial charge in [-0.3, -0.25) is 0 Å². The Balaban J connectivity index is 2.45. The summed E-state index contributed by atoms with van der Waals surface area (Å²) < 4.78 is 0. The zero-order valence-electron chi connectivity index (χ0n) is 4.61. The van der Waals surface area contributed by atoms with Gasteiger partial charge < -0.3 is 11.1 Å². The van der Waals surface area contributed by atoms with Gasteiger partial charge in [-0.25, -0.2) is 0 Å². The van der Waals surface area contributed by atoms with Crippen molar-refractivity contribution in [2.24, 2.45) is 5.73 Å². The number of hydrogen-bond acceptors (Lipinski definition) is 2. The van der Waals surface area contributed by atoms with E-state index in [1.165, 1.54) is 0 Å². The summed E-state index contributed by atoms with van der Waals surface area (Å²) in [6.45, 7) is 1.78. The van der Waals surface area contributed by atoms with Crippen LogP contribution in [0.1, 0.15) is 12.8 Å². The first-order chi connectivity index (χ1) is 3.41. The van der Waals surface area contributed by atoms with Gasteiger partial charge in [0.2, 0.25) is 0 Å². The molecular weight excluding hydrogens is 88.1 g/mol. The van der Waals surface area contributed by atoms with Gasteiger partial charge in [0.05, 0.1) is 0 Å². The molecule has 0 atom stereocenters. The van der Waals surface area contributed by atoms with Crippen molar-refractivity contribution >= 4 is 0 Å². The van der Waals surface area contributed by atoms with Crippen molar-refractivity contribution in [2.75, 3.05) is 13.1 Å². The fraction of sp³-hybridized carbons (Fsp3) is 0.800. The van der Waals surface area contributed by atoms with Gasteiger partial charge in [-0.05, 0) is 25.9 Å². The second-order valence-corrected chi connectivity index (χ2v) is 1.50. The lowest BCUT2D eigenvalue weighted by atomic mass is 10.3. The summed E-state index contributed by atoms with van der Waals surface area (Å²) in [7, 11) is 3.47. The van der Waals surface area contributed by atoms with E-state index in [1.807, 2.05) is 0 Å². The van der Waals surface area contributed by atoms with E-state index >= 15 is 0 Å². The molecule has 0 aliphatic carbocycles. The van der Waals surface area contributed by atoms with E-state index in [0.717, 1.165) is 25.9 Å². The number of nitrogens with two attached hydrogens (primary N) is 1. The zero-order chi connectivity index (χ0) is 5.54. The topological polar surface area (TPSA) is 38.0 Å². The second kappa shape index (κ2) is 5.92. The molecule has 0 amide bonds. The third kappa shape index (κ3) is 5.92. The summed E-state index contributed by atoms with van der Waals surface area (Å²) in [5, 5.41) is 2.80. The molecule has 0 rings (SSSR count). The van der Waals surface area contributed by atoms with Gasteiger partial charge in [0.1, 0.15) is 0 Å². The second-order valence-electron chi connectivity index (χ2n) is 1.50. The van der Waals surface area contributed by atoms with E-state index in [-0.39, 0.29) is 0 Å². The van der Waals surface area contributed by atoms with Crippen LogP contribution in [0.3, 0.4) is 0 Å². The molecule has 7 heavy (non-hydrogen) atoms. The molecule has 0 saturated carbocycles. The molecule has 0 bridgehead atoms. The monoisotopic (exact) mass is 101 g/mol. The van der Waals surface area contributed by atoms with Crippen molar-refractivity contribution < 1.29 is 0 Å². The van der Waals surface area contributed by atoms with Crippen LogP contribution >= 0.6 is 0 Å². The van der Waals surface area contributed by atoms with Crippen molar-refractivity contribution in [3.63, 3.8) is 0 Å². The minimum Gasteiger partial charge on any atom is -0.330 e. The normalized spacial score (nSPS) is 9.43. The van der Waals surface area contributed by atoms with Gasteiger partial charge >= 0.3 is 0 Å². The van der Waals surface area contributed by atoms with Gasteiger partial charge in [0.25, 0.3) is 0 Å². The molecule has 0 unspecified atom stereocenters. The average Bonchev–Trinajstić information content (AvgIpc) is 1.69. The smallest absolute Gasteiger partial charge is 0.00767 e. The summed E-state index contributed by atoms with van der Waals surface area (Å²) in [6, 6.07) is 0. The maximum Gasteiger partial charge on any atom is 0.00767 e. The van der Waals surface area contributed by atoms with Crippen molar-refractivity contribution in [3.8, 4) is 0 Å². The van der Waals surface area contributed by atoms with Crippen LogP contribution in [0.4, 0.5) is 0 Å².